The van der Waals surface area contributed by atoms with Crippen molar-refractivity contribution in [3.8, 4) is 5.75 Å². The molecule has 1 aromatic rings. The minimum absolute atomic E-state index is 0.0975. The van der Waals surface area contributed by atoms with Gasteiger partial charge in [0.25, 0.3) is 0 Å². The van der Waals surface area contributed by atoms with Crippen molar-refractivity contribution in [3.05, 3.63) is 29.3 Å². The molecule has 1 aromatic carbocycles. The molecule has 1 atom stereocenters. The van der Waals surface area contributed by atoms with Crippen LogP contribution in [-0.4, -0.2) is 47.8 Å². The fraction of sp³-hybridized carbons (Fsp3) is 0.462. The van der Waals surface area contributed by atoms with Crippen molar-refractivity contribution >= 4 is 5.97 Å². The summed E-state index contributed by atoms with van der Waals surface area (Å²) in [6.07, 6.45) is 0.986. The zero-order chi connectivity index (χ0) is 13.7. The number of likely N-dealkylation sites (N-methyl/N-ethyl adjacent to an activating group) is 1. The van der Waals surface area contributed by atoms with E-state index >= 15 is 0 Å². The van der Waals surface area contributed by atoms with Crippen molar-refractivity contribution in [2.75, 3.05) is 20.6 Å². The highest BCUT2D eigenvalue weighted by molar-refractivity contribution is 5.73. The number of aliphatic carboxylic acids is 1. The average Bonchev–Trinajstić information content (AvgIpc) is 2.29. The SMILES string of the molecule is CN(C)CCc1ccc(O)c(CC(N)C(=O)O)c1. The predicted octanol–water partition coefficient (Wildman–Crippen LogP) is 0.451. The number of nitrogens with two attached hydrogens (primary N) is 1. The minimum Gasteiger partial charge on any atom is -0.508 e. The second-order valence-corrected chi connectivity index (χ2v) is 4.67. The number of benzene rings is 1. The van der Waals surface area contributed by atoms with E-state index in [1.165, 1.54) is 0 Å². The second kappa shape index (κ2) is 6.37. The molecule has 5 nitrogen and oxygen atoms in total. The summed E-state index contributed by atoms with van der Waals surface area (Å²) in [5.41, 5.74) is 7.12. The van der Waals surface area contributed by atoms with E-state index in [1.807, 2.05) is 26.2 Å². The standard InChI is InChI=1S/C13H20N2O3/c1-15(2)6-5-9-3-4-12(16)10(7-9)8-11(14)13(17)18/h3-4,7,11,16H,5-6,8,14H2,1-2H3,(H,17,18). The van der Waals surface area contributed by atoms with Gasteiger partial charge in [-0.1, -0.05) is 12.1 Å². The van der Waals surface area contributed by atoms with Gasteiger partial charge in [-0.05, 0) is 37.7 Å². The number of carbonyl (C=O) groups is 1. The van der Waals surface area contributed by atoms with Crippen LogP contribution in [0.4, 0.5) is 0 Å². The molecule has 0 aliphatic rings. The van der Waals surface area contributed by atoms with Gasteiger partial charge < -0.3 is 20.8 Å². The van der Waals surface area contributed by atoms with Gasteiger partial charge >= 0.3 is 5.97 Å². The fourth-order valence-electron chi connectivity index (χ4n) is 1.63. The van der Waals surface area contributed by atoms with E-state index in [9.17, 15) is 9.90 Å². The predicted molar refractivity (Wildman–Crippen MR) is 69.7 cm³/mol. The molecule has 1 rings (SSSR count). The largest absolute Gasteiger partial charge is 0.508 e. The van der Waals surface area contributed by atoms with Crippen molar-refractivity contribution in [1.29, 1.82) is 0 Å². The molecular formula is C13H20N2O3. The zero-order valence-electron chi connectivity index (χ0n) is 10.8. The molecule has 0 aliphatic heterocycles. The lowest BCUT2D eigenvalue weighted by Gasteiger charge is -2.12. The maximum atomic E-state index is 10.7. The lowest BCUT2D eigenvalue weighted by molar-refractivity contribution is -0.138. The molecule has 5 heteroatoms. The van der Waals surface area contributed by atoms with Gasteiger partial charge in [0.05, 0.1) is 0 Å². The number of carboxylic acid groups (broad SMARTS) is 1. The first-order valence-electron chi connectivity index (χ1n) is 5.84. The van der Waals surface area contributed by atoms with E-state index < -0.39 is 12.0 Å². The van der Waals surface area contributed by atoms with Gasteiger partial charge in [-0.25, -0.2) is 0 Å². The van der Waals surface area contributed by atoms with Crippen LogP contribution in [0.2, 0.25) is 0 Å². The van der Waals surface area contributed by atoms with Crippen molar-refractivity contribution in [2.45, 2.75) is 18.9 Å². The molecule has 18 heavy (non-hydrogen) atoms. The average molecular weight is 252 g/mol. The molecule has 0 heterocycles. The Hall–Kier alpha value is -1.59. The van der Waals surface area contributed by atoms with Crippen LogP contribution in [-0.2, 0) is 17.6 Å². The Morgan fingerprint density at radius 3 is 2.67 bits per heavy atom. The van der Waals surface area contributed by atoms with Gasteiger partial charge in [-0.15, -0.1) is 0 Å². The molecule has 0 aliphatic carbocycles. The summed E-state index contributed by atoms with van der Waals surface area (Å²) in [6, 6.07) is 4.27. The van der Waals surface area contributed by atoms with Crippen LogP contribution in [0.1, 0.15) is 11.1 Å². The Balaban J connectivity index is 2.77. The summed E-state index contributed by atoms with van der Waals surface area (Å²) < 4.78 is 0. The van der Waals surface area contributed by atoms with Crippen molar-refractivity contribution in [1.82, 2.24) is 4.90 Å². The van der Waals surface area contributed by atoms with Crippen LogP contribution in [0.5, 0.6) is 5.75 Å². The van der Waals surface area contributed by atoms with Crippen molar-refractivity contribution in [2.24, 2.45) is 5.73 Å². The van der Waals surface area contributed by atoms with Crippen LogP contribution < -0.4 is 5.73 Å². The molecule has 4 N–H and O–H groups in total. The molecule has 100 valence electrons. The maximum Gasteiger partial charge on any atom is 0.320 e. The topological polar surface area (TPSA) is 86.8 Å². The molecule has 0 saturated carbocycles. The molecule has 0 saturated heterocycles. The molecule has 0 spiro atoms. The van der Waals surface area contributed by atoms with Gasteiger partial charge in [0, 0.05) is 13.0 Å². The van der Waals surface area contributed by atoms with E-state index in [2.05, 4.69) is 4.90 Å². The molecule has 0 amide bonds. The number of hydrogen-bond donors (Lipinski definition) is 3. The van der Waals surface area contributed by atoms with Gasteiger partial charge in [0.15, 0.2) is 0 Å². The normalized spacial score (nSPS) is 12.7. The monoisotopic (exact) mass is 252 g/mol. The minimum atomic E-state index is -1.06. The van der Waals surface area contributed by atoms with Crippen LogP contribution in [0.25, 0.3) is 0 Å². The number of hydrogen-bond acceptors (Lipinski definition) is 4. The van der Waals surface area contributed by atoms with E-state index in [0.29, 0.717) is 5.56 Å². The molecule has 0 fully saturated rings. The summed E-state index contributed by atoms with van der Waals surface area (Å²) >= 11 is 0. The van der Waals surface area contributed by atoms with E-state index in [4.69, 9.17) is 10.8 Å². The summed E-state index contributed by atoms with van der Waals surface area (Å²) in [5.74, 6) is -0.964. The first-order valence-corrected chi connectivity index (χ1v) is 5.84. The number of carboxylic acids is 1. The quantitative estimate of drug-likeness (QED) is 0.684. The Morgan fingerprint density at radius 1 is 1.44 bits per heavy atom. The van der Waals surface area contributed by atoms with E-state index in [0.717, 1.165) is 18.5 Å². The second-order valence-electron chi connectivity index (χ2n) is 4.67. The lowest BCUT2D eigenvalue weighted by Crippen LogP contribution is -2.32. The molecule has 0 bridgehead atoms. The molecule has 0 aromatic heterocycles. The first-order chi connectivity index (χ1) is 8.40. The highest BCUT2D eigenvalue weighted by Gasteiger charge is 2.14. The summed E-state index contributed by atoms with van der Waals surface area (Å²) in [5, 5.41) is 18.5. The first kappa shape index (κ1) is 14.5. The summed E-state index contributed by atoms with van der Waals surface area (Å²) in [7, 11) is 3.98. The highest BCUT2D eigenvalue weighted by atomic mass is 16.4. The number of phenols is 1. The zero-order valence-corrected chi connectivity index (χ0v) is 10.8. The van der Waals surface area contributed by atoms with Crippen molar-refractivity contribution < 1.29 is 15.0 Å². The number of rotatable bonds is 6. The van der Waals surface area contributed by atoms with Gasteiger partial charge in [-0.2, -0.15) is 0 Å². The summed E-state index contributed by atoms with van der Waals surface area (Å²) in [6.45, 7) is 0.898. The molecule has 1 unspecified atom stereocenters. The number of nitrogens with zero attached hydrogens (tertiary/aromatic N) is 1. The van der Waals surface area contributed by atoms with Crippen molar-refractivity contribution in [3.63, 3.8) is 0 Å². The number of aromatic hydroxyl groups is 1. The third-order valence-electron chi connectivity index (χ3n) is 2.75. The smallest absolute Gasteiger partial charge is 0.320 e. The van der Waals surface area contributed by atoms with Crippen LogP contribution in [0.15, 0.2) is 18.2 Å². The Labute approximate surface area is 107 Å². The maximum absolute atomic E-state index is 10.7. The Bertz CT molecular complexity index is 419. The Kier molecular flexibility index (Phi) is 5.12. The fourth-order valence-corrected chi connectivity index (χ4v) is 1.63. The highest BCUT2D eigenvalue weighted by Crippen LogP contribution is 2.20. The van der Waals surface area contributed by atoms with Gasteiger partial charge in [0.1, 0.15) is 11.8 Å². The Morgan fingerprint density at radius 2 is 2.11 bits per heavy atom. The number of phenolic OH excluding ortho intramolecular Hbond substituents is 1. The van der Waals surface area contributed by atoms with Gasteiger partial charge in [-0.3, -0.25) is 4.79 Å². The third-order valence-corrected chi connectivity index (χ3v) is 2.75. The van der Waals surface area contributed by atoms with E-state index in [-0.39, 0.29) is 12.2 Å². The van der Waals surface area contributed by atoms with E-state index in [1.54, 1.807) is 6.07 Å². The molecule has 0 radical (unpaired) electrons. The lowest BCUT2D eigenvalue weighted by atomic mass is 10.0. The molecular weight excluding hydrogens is 232 g/mol. The summed E-state index contributed by atoms with van der Waals surface area (Å²) in [4.78, 5) is 12.8. The third kappa shape index (κ3) is 4.35. The van der Waals surface area contributed by atoms with Crippen LogP contribution in [0.3, 0.4) is 0 Å². The van der Waals surface area contributed by atoms with Gasteiger partial charge in [0.2, 0.25) is 0 Å². The van der Waals surface area contributed by atoms with Crippen LogP contribution in [0, 0.1) is 0 Å². The van der Waals surface area contributed by atoms with Crippen LogP contribution >= 0.6 is 0 Å².